The second-order valence-electron chi connectivity index (χ2n) is 11.3. The van der Waals surface area contributed by atoms with E-state index in [0.717, 1.165) is 48.8 Å². The largest absolute Gasteiger partial charge is 0.507 e. The van der Waals surface area contributed by atoms with Crippen molar-refractivity contribution in [3.05, 3.63) is 83.0 Å². The molecule has 0 saturated carbocycles. The number of ether oxygens (including phenoxy) is 1. The third-order valence-corrected chi connectivity index (χ3v) is 8.51. The monoisotopic (exact) mass is 584 g/mol. The Balaban J connectivity index is 2.05. The summed E-state index contributed by atoms with van der Waals surface area (Å²) < 4.78 is 29.3. The molecule has 0 bridgehead atoms. The molecule has 0 aromatic heterocycles. The maximum absolute atomic E-state index is 13.7. The molecule has 0 amide bonds. The zero-order valence-corrected chi connectivity index (χ0v) is 25.9. The molecule has 0 saturated heterocycles. The first-order valence-electron chi connectivity index (χ1n) is 14.5. The molecule has 2 aromatic carbocycles. The van der Waals surface area contributed by atoms with Crippen molar-refractivity contribution in [2.24, 2.45) is 5.92 Å². The Morgan fingerprint density at radius 3 is 2.46 bits per heavy atom. The number of carbonyl (C=O) groups is 1. The summed E-state index contributed by atoms with van der Waals surface area (Å²) >= 11 is 0. The highest BCUT2D eigenvalue weighted by Crippen LogP contribution is 2.48. The molecule has 0 aliphatic heterocycles. The predicted molar refractivity (Wildman–Crippen MR) is 162 cm³/mol. The van der Waals surface area contributed by atoms with Crippen LogP contribution in [0.15, 0.2) is 66.3 Å². The highest BCUT2D eigenvalue weighted by atomic mass is 31.2. The van der Waals surface area contributed by atoms with Crippen molar-refractivity contribution < 1.29 is 33.1 Å². The van der Waals surface area contributed by atoms with Crippen molar-refractivity contribution in [3.8, 4) is 11.5 Å². The lowest BCUT2D eigenvalue weighted by Gasteiger charge is -2.32. The van der Waals surface area contributed by atoms with Crippen molar-refractivity contribution in [1.82, 2.24) is 0 Å². The van der Waals surface area contributed by atoms with Crippen molar-refractivity contribution in [1.29, 1.82) is 0 Å². The second-order valence-corrected chi connectivity index (χ2v) is 12.7. The lowest BCUT2D eigenvalue weighted by atomic mass is 9.73. The van der Waals surface area contributed by atoms with Crippen molar-refractivity contribution in [2.45, 2.75) is 97.7 Å². The first-order chi connectivity index (χ1) is 19.4. The molecule has 0 fully saturated rings. The third kappa shape index (κ3) is 9.68. The van der Waals surface area contributed by atoms with E-state index in [-0.39, 0.29) is 29.8 Å². The molecule has 0 spiro atoms. The van der Waals surface area contributed by atoms with Crippen LogP contribution in [0.5, 0.6) is 11.5 Å². The van der Waals surface area contributed by atoms with Gasteiger partial charge in [-0.1, -0.05) is 73.9 Å². The lowest BCUT2D eigenvalue weighted by molar-refractivity contribution is -0.143. The summed E-state index contributed by atoms with van der Waals surface area (Å²) in [4.78, 5) is 24.1. The van der Waals surface area contributed by atoms with Crippen LogP contribution in [0.4, 0.5) is 0 Å². The minimum absolute atomic E-state index is 0.0000151. The van der Waals surface area contributed by atoms with E-state index in [1.165, 1.54) is 5.57 Å². The number of rotatable bonds is 14. The zero-order chi connectivity index (χ0) is 30.2. The maximum Gasteiger partial charge on any atom is 0.473 e. The van der Waals surface area contributed by atoms with E-state index < -0.39 is 26.0 Å². The Hall–Kier alpha value is -2.70. The molecule has 41 heavy (non-hydrogen) atoms. The standard InChI is InChI=1S/C33H45O7P/c1-7-8-10-15-26-19-29(34)32(28-18-24(6)16-17-27(28)22(2)3)30(21-26)38-33(35)31(20-25-13-11-9-12-14-25)40-41(36,37)39-23(4)5/h9,11-14,18-19,21,23,27-28,31,34H,2,7-8,10,15-17,20H2,1,3-6H3,(H,36,37)/t27-,28+,31?/m0/s1. The zero-order valence-electron chi connectivity index (χ0n) is 25.0. The fourth-order valence-corrected chi connectivity index (χ4v) is 6.40. The molecular weight excluding hydrogens is 539 g/mol. The molecule has 7 nitrogen and oxygen atoms in total. The van der Waals surface area contributed by atoms with Gasteiger partial charge in [0, 0.05) is 17.9 Å². The third-order valence-electron chi connectivity index (χ3n) is 7.30. The van der Waals surface area contributed by atoms with Crippen LogP contribution in [0.1, 0.15) is 89.3 Å². The number of esters is 1. The van der Waals surface area contributed by atoms with Crippen molar-refractivity contribution >= 4 is 13.8 Å². The van der Waals surface area contributed by atoms with Gasteiger partial charge in [-0.15, -0.1) is 0 Å². The lowest BCUT2D eigenvalue weighted by Crippen LogP contribution is -2.31. The quantitative estimate of drug-likeness (QED) is 0.0759. The Morgan fingerprint density at radius 2 is 1.83 bits per heavy atom. The smallest absolute Gasteiger partial charge is 0.473 e. The van der Waals surface area contributed by atoms with Gasteiger partial charge in [-0.3, -0.25) is 9.05 Å². The highest BCUT2D eigenvalue weighted by molar-refractivity contribution is 7.47. The summed E-state index contributed by atoms with van der Waals surface area (Å²) in [5, 5.41) is 11.4. The summed E-state index contributed by atoms with van der Waals surface area (Å²) in [6.07, 6.45) is 5.62. The number of aromatic hydroxyl groups is 1. The minimum atomic E-state index is -4.58. The Labute approximate surface area is 244 Å². The molecular formula is C33H45O7P. The normalized spacial score (nSPS) is 19.3. The van der Waals surface area contributed by atoms with Crippen LogP contribution in [-0.2, 0) is 31.2 Å². The molecule has 0 heterocycles. The van der Waals surface area contributed by atoms with Gasteiger partial charge in [0.1, 0.15) is 11.5 Å². The summed E-state index contributed by atoms with van der Waals surface area (Å²) in [6, 6.07) is 12.6. The van der Waals surface area contributed by atoms with Crippen LogP contribution < -0.4 is 4.74 Å². The van der Waals surface area contributed by atoms with Crippen LogP contribution >= 0.6 is 7.82 Å². The molecule has 1 aliphatic carbocycles. The van der Waals surface area contributed by atoms with E-state index in [1.54, 1.807) is 38.1 Å². The summed E-state index contributed by atoms with van der Waals surface area (Å²) in [5.41, 5.74) is 4.26. The van der Waals surface area contributed by atoms with Crippen LogP contribution in [0.2, 0.25) is 0 Å². The average Bonchev–Trinajstić information content (AvgIpc) is 2.88. The van der Waals surface area contributed by atoms with Crippen molar-refractivity contribution in [2.75, 3.05) is 0 Å². The molecule has 2 N–H and O–H groups in total. The number of hydrogen-bond donors (Lipinski definition) is 2. The van der Waals surface area contributed by atoms with E-state index in [2.05, 4.69) is 26.5 Å². The topological polar surface area (TPSA) is 102 Å². The highest BCUT2D eigenvalue weighted by Gasteiger charge is 2.36. The predicted octanol–water partition coefficient (Wildman–Crippen LogP) is 8.20. The Morgan fingerprint density at radius 1 is 1.12 bits per heavy atom. The van der Waals surface area contributed by atoms with Gasteiger partial charge in [0.05, 0.1) is 6.10 Å². The molecule has 1 aliphatic rings. The Bertz CT molecular complexity index is 1270. The van der Waals surface area contributed by atoms with Gasteiger partial charge in [0.25, 0.3) is 0 Å². The van der Waals surface area contributed by atoms with E-state index in [1.807, 2.05) is 25.1 Å². The van der Waals surface area contributed by atoms with Gasteiger partial charge >= 0.3 is 13.8 Å². The number of aryl methyl sites for hydroxylation is 1. The molecule has 4 atom stereocenters. The molecule has 224 valence electrons. The maximum atomic E-state index is 13.7. The van der Waals surface area contributed by atoms with E-state index in [0.29, 0.717) is 12.0 Å². The fraction of sp³-hybridized carbons (Fsp3) is 0.485. The van der Waals surface area contributed by atoms with Gasteiger partial charge in [0.2, 0.25) is 0 Å². The first-order valence-corrected chi connectivity index (χ1v) is 16.0. The van der Waals surface area contributed by atoms with E-state index >= 15 is 0 Å². The molecule has 3 rings (SSSR count). The summed E-state index contributed by atoms with van der Waals surface area (Å²) in [6.45, 7) is 13.6. The Kier molecular flexibility index (Phi) is 12.0. The molecule has 8 heteroatoms. The molecule has 2 unspecified atom stereocenters. The van der Waals surface area contributed by atoms with E-state index in [9.17, 15) is 19.4 Å². The number of allylic oxidation sites excluding steroid dienone is 3. The first kappa shape index (κ1) is 32.8. The number of carbonyl (C=O) groups excluding carboxylic acids is 1. The number of benzene rings is 2. The molecule has 2 aromatic rings. The second kappa shape index (κ2) is 15.0. The van der Waals surface area contributed by atoms with Crippen LogP contribution in [0.3, 0.4) is 0 Å². The minimum Gasteiger partial charge on any atom is -0.507 e. The SMILES string of the molecule is C=C(C)[C@@H]1CCC(C)=C[C@H]1c1c(O)cc(CCCCC)cc1OC(=O)C(Cc1ccccc1)OP(=O)(O)OC(C)C. The number of phenols is 1. The number of unbranched alkanes of at least 4 members (excludes halogenated alkanes) is 2. The number of phenolic OH excluding ortho intramolecular Hbond substituents is 1. The molecule has 0 radical (unpaired) electrons. The number of phosphoric ester groups is 1. The number of hydrogen-bond acceptors (Lipinski definition) is 6. The van der Waals surface area contributed by atoms with Gasteiger partial charge in [-0.25, -0.2) is 9.36 Å². The van der Waals surface area contributed by atoms with Gasteiger partial charge in [-0.05, 0) is 82.6 Å². The average molecular weight is 585 g/mol. The summed E-state index contributed by atoms with van der Waals surface area (Å²) in [7, 11) is -4.58. The van der Waals surface area contributed by atoms with Gasteiger partial charge in [-0.2, -0.15) is 0 Å². The van der Waals surface area contributed by atoms with Gasteiger partial charge in [0.15, 0.2) is 6.10 Å². The number of phosphoric acid groups is 1. The fourth-order valence-electron chi connectivity index (χ4n) is 5.33. The van der Waals surface area contributed by atoms with Gasteiger partial charge < -0.3 is 14.7 Å². The van der Waals surface area contributed by atoms with E-state index in [4.69, 9.17) is 13.8 Å². The summed E-state index contributed by atoms with van der Waals surface area (Å²) in [5.74, 6) is -0.745. The van der Waals surface area contributed by atoms with Crippen LogP contribution in [0.25, 0.3) is 0 Å². The van der Waals surface area contributed by atoms with Crippen molar-refractivity contribution in [3.63, 3.8) is 0 Å². The van der Waals surface area contributed by atoms with Crippen LogP contribution in [-0.4, -0.2) is 28.2 Å². The van der Waals surface area contributed by atoms with Crippen LogP contribution in [0, 0.1) is 5.92 Å².